The van der Waals surface area contributed by atoms with Crippen LogP contribution in [0.4, 0.5) is 5.69 Å². The number of carbonyl (C=O) groups is 2. The second-order valence-corrected chi connectivity index (χ2v) is 10.7. The summed E-state index contributed by atoms with van der Waals surface area (Å²) in [6.45, 7) is 3.09. The molecule has 2 aromatic carbocycles. The van der Waals surface area contributed by atoms with Gasteiger partial charge in [0, 0.05) is 47.4 Å². The Bertz CT molecular complexity index is 1490. The Morgan fingerprint density at radius 3 is 2.65 bits per heavy atom. The highest BCUT2D eigenvalue weighted by Crippen LogP contribution is 2.41. The maximum Gasteiger partial charge on any atom is 0.344 e. The number of nitrogens with zero attached hydrogens (tertiary/aromatic N) is 2. The molecule has 40 heavy (non-hydrogen) atoms. The third kappa shape index (κ3) is 6.96. The van der Waals surface area contributed by atoms with Crippen LogP contribution in [0, 0.1) is 0 Å². The highest BCUT2D eigenvalue weighted by molar-refractivity contribution is 9.10. The summed E-state index contributed by atoms with van der Waals surface area (Å²) in [5.74, 6) is -0.300. The molecular formula is C29H30BrN3O6S. The summed E-state index contributed by atoms with van der Waals surface area (Å²) in [6, 6.07) is 12.9. The van der Waals surface area contributed by atoms with E-state index in [0.717, 1.165) is 27.4 Å². The molecule has 2 heterocycles. The Morgan fingerprint density at radius 2 is 1.95 bits per heavy atom. The fourth-order valence-corrected chi connectivity index (χ4v) is 5.49. The van der Waals surface area contributed by atoms with Crippen LogP contribution in [0.5, 0.6) is 5.75 Å². The zero-order valence-electron chi connectivity index (χ0n) is 22.4. The lowest BCUT2D eigenvalue weighted by molar-refractivity contribution is -0.138. The van der Waals surface area contributed by atoms with Gasteiger partial charge in [-0.2, -0.15) is 0 Å². The number of aliphatic hydroxyl groups excluding tert-OH is 1. The fourth-order valence-electron chi connectivity index (χ4n) is 4.10. The molecule has 0 saturated carbocycles. The maximum absolute atomic E-state index is 12.8. The minimum Gasteiger partial charge on any atom is -0.506 e. The van der Waals surface area contributed by atoms with Crippen LogP contribution < -0.4 is 10.1 Å². The number of nitrogens with one attached hydrogen (secondary N) is 1. The number of aromatic nitrogens is 1. The van der Waals surface area contributed by atoms with Crippen molar-refractivity contribution in [3.63, 3.8) is 0 Å². The normalized spacial score (nSPS) is 15.3. The molecule has 210 valence electrons. The first-order chi connectivity index (χ1) is 19.3. The monoisotopic (exact) mass is 627 g/mol. The zero-order chi connectivity index (χ0) is 28.6. The molecule has 0 radical (unpaired) electrons. The van der Waals surface area contributed by atoms with E-state index in [0.29, 0.717) is 34.5 Å². The van der Waals surface area contributed by atoms with Crippen molar-refractivity contribution < 1.29 is 28.9 Å². The summed E-state index contributed by atoms with van der Waals surface area (Å²) in [5.41, 5.74) is 2.23. The number of carbonyl (C=O) groups excluding carboxylic acids is 2. The number of rotatable bonds is 11. The van der Waals surface area contributed by atoms with E-state index in [1.165, 1.54) is 11.8 Å². The van der Waals surface area contributed by atoms with Gasteiger partial charge in [-0.15, -0.1) is 0 Å². The standard InChI is InChI=1S/C29H30BrN3O6S/c1-4-39-29(36)26-27(35)24(40-28(26)32-20-7-9-21(38-3)10-8-20)14-18-16-33(17-25(34)31-12-5-13-37-2)23-11-6-19(30)15-22(18)23/h6-11,14-16,35H,4-5,12-13,17H2,1-3H3,(H,31,34)/b24-14-,32-28?. The van der Waals surface area contributed by atoms with Crippen molar-refractivity contribution in [2.45, 2.75) is 19.9 Å². The number of hydrogen-bond donors (Lipinski definition) is 2. The van der Waals surface area contributed by atoms with Crippen LogP contribution in [0.2, 0.25) is 0 Å². The highest BCUT2D eigenvalue weighted by atomic mass is 79.9. The molecule has 11 heteroatoms. The Kier molecular flexibility index (Phi) is 10.1. The first kappa shape index (κ1) is 29.4. The van der Waals surface area contributed by atoms with Gasteiger partial charge < -0.3 is 29.2 Å². The topological polar surface area (TPSA) is 111 Å². The summed E-state index contributed by atoms with van der Waals surface area (Å²) < 4.78 is 18.2. The van der Waals surface area contributed by atoms with Crippen molar-refractivity contribution in [2.24, 2.45) is 4.99 Å². The second kappa shape index (κ2) is 13.7. The predicted octanol–water partition coefficient (Wildman–Crippen LogP) is 5.76. The second-order valence-electron chi connectivity index (χ2n) is 8.74. The number of amides is 1. The van der Waals surface area contributed by atoms with Crippen molar-refractivity contribution in [3.8, 4) is 5.75 Å². The molecule has 3 aromatic rings. The number of benzene rings is 2. The molecule has 4 rings (SSSR count). The number of aliphatic imine (C=N–C) groups is 1. The van der Waals surface area contributed by atoms with E-state index in [4.69, 9.17) is 14.2 Å². The number of ether oxygens (including phenoxy) is 3. The molecule has 1 aliphatic rings. The summed E-state index contributed by atoms with van der Waals surface area (Å²) in [6.07, 6.45) is 4.37. The van der Waals surface area contributed by atoms with Gasteiger partial charge in [-0.3, -0.25) is 4.79 Å². The predicted molar refractivity (Wildman–Crippen MR) is 161 cm³/mol. The third-order valence-electron chi connectivity index (χ3n) is 6.00. The first-order valence-electron chi connectivity index (χ1n) is 12.6. The lowest BCUT2D eigenvalue weighted by Crippen LogP contribution is -2.28. The Labute approximate surface area is 245 Å². The number of methoxy groups -OCH3 is 2. The van der Waals surface area contributed by atoms with Gasteiger partial charge >= 0.3 is 5.97 Å². The molecule has 1 amide bonds. The van der Waals surface area contributed by atoms with Crippen molar-refractivity contribution in [1.82, 2.24) is 9.88 Å². The fraction of sp³-hybridized carbons (Fsp3) is 0.276. The molecule has 0 bridgehead atoms. The molecule has 0 spiro atoms. The van der Waals surface area contributed by atoms with E-state index < -0.39 is 5.97 Å². The molecule has 0 aliphatic carbocycles. The van der Waals surface area contributed by atoms with E-state index in [1.807, 2.05) is 29.0 Å². The van der Waals surface area contributed by atoms with Crippen molar-refractivity contribution in [3.05, 3.63) is 74.9 Å². The number of esters is 1. The quantitative estimate of drug-likeness (QED) is 0.205. The van der Waals surface area contributed by atoms with Crippen LogP contribution in [0.25, 0.3) is 17.0 Å². The minimum absolute atomic E-state index is 0.00859. The summed E-state index contributed by atoms with van der Waals surface area (Å²) in [4.78, 5) is 30.5. The molecule has 1 aromatic heterocycles. The van der Waals surface area contributed by atoms with Crippen molar-refractivity contribution in [1.29, 1.82) is 0 Å². The van der Waals surface area contributed by atoms with Crippen LogP contribution in [-0.4, -0.2) is 60.6 Å². The largest absolute Gasteiger partial charge is 0.506 e. The van der Waals surface area contributed by atoms with Crippen LogP contribution >= 0.6 is 27.7 Å². The summed E-state index contributed by atoms with van der Waals surface area (Å²) >= 11 is 4.70. The van der Waals surface area contributed by atoms with Gasteiger partial charge in [-0.1, -0.05) is 27.7 Å². The Balaban J connectivity index is 1.70. The number of hydrogen-bond acceptors (Lipinski definition) is 8. The van der Waals surface area contributed by atoms with Crippen LogP contribution in [0.3, 0.4) is 0 Å². The molecule has 0 unspecified atom stereocenters. The minimum atomic E-state index is -0.654. The number of halogens is 1. The maximum atomic E-state index is 12.8. The molecule has 0 fully saturated rings. The van der Waals surface area contributed by atoms with Crippen molar-refractivity contribution >= 4 is 67.3 Å². The van der Waals surface area contributed by atoms with Gasteiger partial charge in [0.15, 0.2) is 0 Å². The van der Waals surface area contributed by atoms with Crippen LogP contribution in [-0.2, 0) is 25.6 Å². The first-order valence-corrected chi connectivity index (χ1v) is 14.2. The molecule has 1 aliphatic heterocycles. The van der Waals surface area contributed by atoms with Crippen LogP contribution in [0.15, 0.2) is 74.4 Å². The average Bonchev–Trinajstić information content (AvgIpc) is 3.42. The summed E-state index contributed by atoms with van der Waals surface area (Å²) in [5, 5.41) is 15.3. The highest BCUT2D eigenvalue weighted by Gasteiger charge is 2.33. The van der Waals surface area contributed by atoms with E-state index in [9.17, 15) is 14.7 Å². The van der Waals surface area contributed by atoms with Gasteiger partial charge in [-0.05, 0) is 61.9 Å². The van der Waals surface area contributed by atoms with E-state index >= 15 is 0 Å². The SMILES string of the molecule is CCOC(=O)C1=C(O)/C(=C/c2cn(CC(=O)NCCCOC)c3ccc(Br)cc23)SC1=Nc1ccc(OC)cc1. The van der Waals surface area contributed by atoms with Crippen LogP contribution in [0.1, 0.15) is 18.9 Å². The number of fused-ring (bicyclic) bond motifs is 1. The summed E-state index contributed by atoms with van der Waals surface area (Å²) in [7, 11) is 3.20. The molecule has 2 N–H and O–H groups in total. The van der Waals surface area contributed by atoms with Gasteiger partial charge in [0.25, 0.3) is 0 Å². The van der Waals surface area contributed by atoms with E-state index in [-0.39, 0.29) is 30.4 Å². The molecule has 0 atom stereocenters. The molecule has 0 saturated heterocycles. The van der Waals surface area contributed by atoms with Gasteiger partial charge in [-0.25, -0.2) is 9.79 Å². The van der Waals surface area contributed by atoms with E-state index in [1.54, 1.807) is 51.5 Å². The van der Waals surface area contributed by atoms with E-state index in [2.05, 4.69) is 26.2 Å². The number of thioether (sulfide) groups is 1. The zero-order valence-corrected chi connectivity index (χ0v) is 24.8. The van der Waals surface area contributed by atoms with Gasteiger partial charge in [0.2, 0.25) is 5.91 Å². The molecule has 9 nitrogen and oxygen atoms in total. The van der Waals surface area contributed by atoms with Gasteiger partial charge in [0.1, 0.15) is 28.7 Å². The average molecular weight is 629 g/mol. The van der Waals surface area contributed by atoms with Crippen molar-refractivity contribution in [2.75, 3.05) is 34.0 Å². The Morgan fingerprint density at radius 1 is 1.18 bits per heavy atom. The Hall–Kier alpha value is -3.54. The van der Waals surface area contributed by atoms with Gasteiger partial charge in [0.05, 0.1) is 24.3 Å². The smallest absolute Gasteiger partial charge is 0.344 e. The third-order valence-corrected chi connectivity index (χ3v) is 7.51. The lowest BCUT2D eigenvalue weighted by Gasteiger charge is -2.07. The lowest BCUT2D eigenvalue weighted by atomic mass is 10.1. The molecular weight excluding hydrogens is 598 g/mol. The number of aliphatic hydroxyl groups is 1.